The van der Waals surface area contributed by atoms with E-state index in [0.717, 1.165) is 6.07 Å². The average molecular weight is 218 g/mol. The minimum Gasteiger partial charge on any atom is -0.507 e. The molecule has 0 spiro atoms. The van der Waals surface area contributed by atoms with Gasteiger partial charge in [0.15, 0.2) is 0 Å². The maximum Gasteiger partial charge on any atom is 0.419 e. The Balaban J connectivity index is 3.37. The summed E-state index contributed by atoms with van der Waals surface area (Å²) in [5.74, 6) is -0.669. The van der Waals surface area contributed by atoms with Crippen LogP contribution in [0, 0.1) is 0 Å². The predicted octanol–water partition coefficient (Wildman–Crippen LogP) is 3.71. The third kappa shape index (κ3) is 2.43. The lowest BCUT2D eigenvalue weighted by Gasteiger charge is -2.22. The normalized spacial score (nSPS) is 12.9. The molecule has 1 nitrogen and oxygen atoms in total. The van der Waals surface area contributed by atoms with Gasteiger partial charge in [0.1, 0.15) is 5.75 Å². The smallest absolute Gasteiger partial charge is 0.419 e. The van der Waals surface area contributed by atoms with Crippen LogP contribution in [-0.2, 0) is 11.6 Å². The molecule has 4 heteroatoms. The zero-order chi connectivity index (χ0) is 11.9. The molecular formula is C11H13F3O. The molecule has 0 aliphatic heterocycles. The second-order valence-corrected chi connectivity index (χ2v) is 4.45. The molecule has 0 unspecified atom stereocenters. The number of para-hydroxylation sites is 1. The SMILES string of the molecule is CC(C)(C)c1cccc(C(F)(F)F)c1O. The Hall–Kier alpha value is -1.19. The molecule has 84 valence electrons. The Kier molecular flexibility index (Phi) is 2.72. The van der Waals surface area contributed by atoms with E-state index in [-0.39, 0.29) is 0 Å². The molecule has 0 saturated carbocycles. The van der Waals surface area contributed by atoms with Gasteiger partial charge in [-0.15, -0.1) is 0 Å². The second kappa shape index (κ2) is 3.43. The summed E-state index contributed by atoms with van der Waals surface area (Å²) in [6, 6.07) is 3.69. The molecule has 0 saturated heterocycles. The molecule has 1 aromatic rings. The van der Waals surface area contributed by atoms with Crippen LogP contribution in [0.15, 0.2) is 18.2 Å². The van der Waals surface area contributed by atoms with Gasteiger partial charge in [-0.2, -0.15) is 13.2 Å². The Morgan fingerprint density at radius 2 is 1.47 bits per heavy atom. The fourth-order valence-corrected chi connectivity index (χ4v) is 1.38. The van der Waals surface area contributed by atoms with Crippen molar-refractivity contribution < 1.29 is 18.3 Å². The van der Waals surface area contributed by atoms with Crippen LogP contribution >= 0.6 is 0 Å². The van der Waals surface area contributed by atoms with E-state index in [4.69, 9.17) is 0 Å². The molecule has 0 radical (unpaired) electrons. The number of alkyl halides is 3. The first-order chi connectivity index (χ1) is 6.64. The molecule has 1 N–H and O–H groups in total. The summed E-state index contributed by atoms with van der Waals surface area (Å²) in [6.07, 6.45) is -4.51. The van der Waals surface area contributed by atoms with Crippen molar-refractivity contribution >= 4 is 0 Å². The highest BCUT2D eigenvalue weighted by atomic mass is 19.4. The third-order valence-electron chi connectivity index (χ3n) is 2.15. The number of aromatic hydroxyl groups is 1. The lowest BCUT2D eigenvalue weighted by Crippen LogP contribution is -2.14. The monoisotopic (exact) mass is 218 g/mol. The van der Waals surface area contributed by atoms with Crippen LogP contribution < -0.4 is 0 Å². The van der Waals surface area contributed by atoms with Crippen LogP contribution in [0.2, 0.25) is 0 Å². The second-order valence-electron chi connectivity index (χ2n) is 4.45. The molecule has 0 aliphatic carbocycles. The number of phenols is 1. The van der Waals surface area contributed by atoms with Gasteiger partial charge in [0.25, 0.3) is 0 Å². The Morgan fingerprint density at radius 3 is 1.87 bits per heavy atom. The molecular weight excluding hydrogens is 205 g/mol. The number of phenolic OH excluding ortho intramolecular Hbond substituents is 1. The summed E-state index contributed by atoms with van der Waals surface area (Å²) in [4.78, 5) is 0. The molecule has 0 aliphatic rings. The molecule has 0 heterocycles. The summed E-state index contributed by atoms with van der Waals surface area (Å²) < 4.78 is 37.4. The topological polar surface area (TPSA) is 20.2 Å². The van der Waals surface area contributed by atoms with Crippen LogP contribution in [0.5, 0.6) is 5.75 Å². The van der Waals surface area contributed by atoms with Crippen LogP contribution in [0.3, 0.4) is 0 Å². The van der Waals surface area contributed by atoms with Crippen molar-refractivity contribution in [2.24, 2.45) is 0 Å². The predicted molar refractivity (Wildman–Crippen MR) is 51.8 cm³/mol. The van der Waals surface area contributed by atoms with E-state index in [1.54, 1.807) is 20.8 Å². The van der Waals surface area contributed by atoms with Gasteiger partial charge in [-0.3, -0.25) is 0 Å². The summed E-state index contributed by atoms with van der Waals surface area (Å²) >= 11 is 0. The van der Waals surface area contributed by atoms with E-state index in [2.05, 4.69) is 0 Å². The minimum absolute atomic E-state index is 0.303. The van der Waals surface area contributed by atoms with Gasteiger partial charge in [0.05, 0.1) is 5.56 Å². The largest absolute Gasteiger partial charge is 0.507 e. The number of hydrogen-bond acceptors (Lipinski definition) is 1. The van der Waals surface area contributed by atoms with Crippen molar-refractivity contribution in [1.29, 1.82) is 0 Å². The van der Waals surface area contributed by atoms with Gasteiger partial charge in [-0.25, -0.2) is 0 Å². The van der Waals surface area contributed by atoms with Gasteiger partial charge in [0.2, 0.25) is 0 Å². The van der Waals surface area contributed by atoms with Crippen LogP contribution in [-0.4, -0.2) is 5.11 Å². The fraction of sp³-hybridized carbons (Fsp3) is 0.455. The number of halogens is 3. The Bertz CT molecular complexity index is 329. The highest BCUT2D eigenvalue weighted by Gasteiger charge is 2.35. The fourth-order valence-electron chi connectivity index (χ4n) is 1.38. The summed E-state index contributed by atoms with van der Waals surface area (Å²) in [5.41, 5.74) is -1.18. The molecule has 0 fully saturated rings. The van der Waals surface area contributed by atoms with Gasteiger partial charge in [-0.1, -0.05) is 32.9 Å². The van der Waals surface area contributed by atoms with E-state index in [1.807, 2.05) is 0 Å². The lowest BCUT2D eigenvalue weighted by atomic mass is 9.85. The molecule has 1 rings (SSSR count). The van der Waals surface area contributed by atoms with E-state index >= 15 is 0 Å². The first-order valence-electron chi connectivity index (χ1n) is 4.53. The molecule has 0 atom stereocenters. The van der Waals surface area contributed by atoms with Crippen molar-refractivity contribution in [3.05, 3.63) is 29.3 Å². The third-order valence-corrected chi connectivity index (χ3v) is 2.15. The molecule has 0 amide bonds. The molecule has 1 aromatic carbocycles. The van der Waals surface area contributed by atoms with E-state index in [0.29, 0.717) is 5.56 Å². The highest BCUT2D eigenvalue weighted by molar-refractivity contribution is 5.45. The van der Waals surface area contributed by atoms with Crippen LogP contribution in [0.4, 0.5) is 13.2 Å². The van der Waals surface area contributed by atoms with Crippen molar-refractivity contribution in [2.45, 2.75) is 32.4 Å². The van der Waals surface area contributed by atoms with Crippen LogP contribution in [0.25, 0.3) is 0 Å². The van der Waals surface area contributed by atoms with Gasteiger partial charge < -0.3 is 5.11 Å². The summed E-state index contributed by atoms with van der Waals surface area (Å²) in [7, 11) is 0. The van der Waals surface area contributed by atoms with Crippen molar-refractivity contribution in [1.82, 2.24) is 0 Å². The molecule has 15 heavy (non-hydrogen) atoms. The van der Waals surface area contributed by atoms with Gasteiger partial charge >= 0.3 is 6.18 Å². The van der Waals surface area contributed by atoms with Crippen LogP contribution in [0.1, 0.15) is 31.9 Å². The Labute approximate surface area is 86.5 Å². The Morgan fingerprint density at radius 1 is 1.00 bits per heavy atom. The van der Waals surface area contributed by atoms with Crippen molar-refractivity contribution in [2.75, 3.05) is 0 Å². The highest BCUT2D eigenvalue weighted by Crippen LogP contribution is 2.40. The van der Waals surface area contributed by atoms with E-state index in [9.17, 15) is 18.3 Å². The number of rotatable bonds is 0. The first-order valence-corrected chi connectivity index (χ1v) is 4.53. The average Bonchev–Trinajstić information content (AvgIpc) is 1.99. The summed E-state index contributed by atoms with van der Waals surface area (Å²) in [6.45, 7) is 5.26. The quantitative estimate of drug-likeness (QED) is 0.703. The lowest BCUT2D eigenvalue weighted by molar-refractivity contribution is -0.138. The van der Waals surface area contributed by atoms with Gasteiger partial charge in [0, 0.05) is 0 Å². The summed E-state index contributed by atoms with van der Waals surface area (Å²) in [5, 5.41) is 9.54. The van der Waals surface area contributed by atoms with E-state index < -0.39 is 22.9 Å². The van der Waals surface area contributed by atoms with Crippen molar-refractivity contribution in [3.63, 3.8) is 0 Å². The standard InChI is InChI=1S/C11H13F3O/c1-10(2,3)7-5-4-6-8(9(7)15)11(12,13)14/h4-6,15H,1-3H3. The first kappa shape index (κ1) is 11.9. The van der Waals surface area contributed by atoms with E-state index in [1.165, 1.54) is 12.1 Å². The van der Waals surface area contributed by atoms with Crippen molar-refractivity contribution in [3.8, 4) is 5.75 Å². The maximum atomic E-state index is 12.5. The number of hydrogen-bond donors (Lipinski definition) is 1. The minimum atomic E-state index is -4.51. The zero-order valence-electron chi connectivity index (χ0n) is 8.81. The van der Waals surface area contributed by atoms with Gasteiger partial charge in [-0.05, 0) is 17.0 Å². The zero-order valence-corrected chi connectivity index (χ0v) is 8.81. The number of benzene rings is 1. The molecule has 0 aromatic heterocycles. The maximum absolute atomic E-state index is 12.5. The molecule has 0 bridgehead atoms.